The molecule has 4 heteroatoms. The van der Waals surface area contributed by atoms with Gasteiger partial charge in [-0.3, -0.25) is 4.79 Å². The molecule has 1 saturated heterocycles. The molecule has 4 nitrogen and oxygen atoms in total. The molecular formula is C10H21N3O. The highest BCUT2D eigenvalue weighted by Crippen LogP contribution is 2.07. The molecule has 82 valence electrons. The van der Waals surface area contributed by atoms with Gasteiger partial charge >= 0.3 is 0 Å². The van der Waals surface area contributed by atoms with Crippen LogP contribution >= 0.6 is 0 Å². The number of likely N-dealkylation sites (N-methyl/N-ethyl adjacent to an activating group) is 1. The SMILES string of the molecule is CNC(C)C(=O)NC1CCN(C)CC1. The second-order valence-corrected chi connectivity index (χ2v) is 4.10. The summed E-state index contributed by atoms with van der Waals surface area (Å²) >= 11 is 0. The lowest BCUT2D eigenvalue weighted by Gasteiger charge is -2.30. The van der Waals surface area contributed by atoms with Crippen molar-refractivity contribution in [3.05, 3.63) is 0 Å². The highest BCUT2D eigenvalue weighted by atomic mass is 16.2. The number of piperidine rings is 1. The summed E-state index contributed by atoms with van der Waals surface area (Å²) in [7, 11) is 3.92. The Hall–Kier alpha value is -0.610. The monoisotopic (exact) mass is 199 g/mol. The van der Waals surface area contributed by atoms with Crippen LogP contribution in [0.2, 0.25) is 0 Å². The van der Waals surface area contributed by atoms with Crippen molar-refractivity contribution in [1.29, 1.82) is 0 Å². The molecule has 1 fully saturated rings. The van der Waals surface area contributed by atoms with Gasteiger partial charge in [0.1, 0.15) is 0 Å². The predicted octanol–water partition coefficient (Wildman–Crippen LogP) is -0.195. The molecule has 0 aromatic heterocycles. The Balaban J connectivity index is 2.27. The number of carbonyl (C=O) groups excluding carboxylic acids is 1. The Kier molecular flexibility index (Phi) is 4.35. The van der Waals surface area contributed by atoms with Crippen LogP contribution in [0, 0.1) is 0 Å². The lowest BCUT2D eigenvalue weighted by molar-refractivity contribution is -0.123. The summed E-state index contributed by atoms with van der Waals surface area (Å²) in [5.74, 6) is 0.113. The van der Waals surface area contributed by atoms with E-state index in [-0.39, 0.29) is 11.9 Å². The Labute approximate surface area is 86.0 Å². The maximum atomic E-state index is 11.5. The lowest BCUT2D eigenvalue weighted by Crippen LogP contribution is -2.48. The van der Waals surface area contributed by atoms with Crippen molar-refractivity contribution >= 4 is 5.91 Å². The first-order chi connectivity index (χ1) is 6.63. The van der Waals surface area contributed by atoms with E-state index < -0.39 is 0 Å². The summed E-state index contributed by atoms with van der Waals surface area (Å²) in [6.07, 6.45) is 2.14. The molecule has 1 heterocycles. The average molecular weight is 199 g/mol. The van der Waals surface area contributed by atoms with Gasteiger partial charge in [-0.15, -0.1) is 0 Å². The van der Waals surface area contributed by atoms with Crippen LogP contribution < -0.4 is 10.6 Å². The minimum atomic E-state index is -0.0883. The predicted molar refractivity (Wildman–Crippen MR) is 57.2 cm³/mol. The normalized spacial score (nSPS) is 21.9. The van der Waals surface area contributed by atoms with E-state index in [1.165, 1.54) is 0 Å². The van der Waals surface area contributed by atoms with E-state index in [1.54, 1.807) is 7.05 Å². The van der Waals surface area contributed by atoms with Gasteiger partial charge in [-0.25, -0.2) is 0 Å². The molecule has 1 aliphatic heterocycles. The van der Waals surface area contributed by atoms with Crippen LogP contribution in [-0.2, 0) is 4.79 Å². The van der Waals surface area contributed by atoms with Crippen molar-refractivity contribution in [1.82, 2.24) is 15.5 Å². The van der Waals surface area contributed by atoms with E-state index in [2.05, 4.69) is 22.6 Å². The summed E-state index contributed by atoms with van der Waals surface area (Å²) in [5, 5.41) is 6.00. The Morgan fingerprint density at radius 1 is 1.43 bits per heavy atom. The van der Waals surface area contributed by atoms with Crippen molar-refractivity contribution in [2.75, 3.05) is 27.2 Å². The number of amides is 1. The second-order valence-electron chi connectivity index (χ2n) is 4.10. The number of hydrogen-bond donors (Lipinski definition) is 2. The van der Waals surface area contributed by atoms with E-state index in [0.717, 1.165) is 25.9 Å². The number of hydrogen-bond acceptors (Lipinski definition) is 3. The molecule has 0 spiro atoms. The van der Waals surface area contributed by atoms with E-state index in [9.17, 15) is 4.79 Å². The Morgan fingerprint density at radius 3 is 2.50 bits per heavy atom. The summed E-state index contributed by atoms with van der Waals surface area (Å²) in [6, 6.07) is 0.282. The van der Waals surface area contributed by atoms with Crippen LogP contribution in [0.1, 0.15) is 19.8 Å². The maximum Gasteiger partial charge on any atom is 0.237 e. The zero-order chi connectivity index (χ0) is 10.6. The van der Waals surface area contributed by atoms with Crippen molar-refractivity contribution in [2.45, 2.75) is 31.8 Å². The van der Waals surface area contributed by atoms with Crippen molar-refractivity contribution in [3.63, 3.8) is 0 Å². The first-order valence-electron chi connectivity index (χ1n) is 5.29. The average Bonchev–Trinajstić information content (AvgIpc) is 2.20. The number of rotatable bonds is 3. The number of carbonyl (C=O) groups is 1. The molecular weight excluding hydrogens is 178 g/mol. The molecule has 0 aromatic rings. The molecule has 0 bridgehead atoms. The summed E-state index contributed by atoms with van der Waals surface area (Å²) in [5.41, 5.74) is 0. The maximum absolute atomic E-state index is 11.5. The molecule has 0 aromatic carbocycles. The third-order valence-electron chi connectivity index (χ3n) is 2.89. The van der Waals surface area contributed by atoms with Crippen LogP contribution in [0.4, 0.5) is 0 Å². The van der Waals surface area contributed by atoms with Crippen LogP contribution in [0.5, 0.6) is 0 Å². The Morgan fingerprint density at radius 2 is 2.00 bits per heavy atom. The van der Waals surface area contributed by atoms with Gasteiger partial charge in [0, 0.05) is 6.04 Å². The van der Waals surface area contributed by atoms with E-state index >= 15 is 0 Å². The van der Waals surface area contributed by atoms with Gasteiger partial charge in [-0.05, 0) is 47.0 Å². The third kappa shape index (κ3) is 3.27. The van der Waals surface area contributed by atoms with E-state index in [1.807, 2.05) is 6.92 Å². The number of nitrogens with zero attached hydrogens (tertiary/aromatic N) is 1. The van der Waals surface area contributed by atoms with Gasteiger partial charge in [0.05, 0.1) is 6.04 Å². The fraction of sp³-hybridized carbons (Fsp3) is 0.900. The van der Waals surface area contributed by atoms with Gasteiger partial charge in [0.15, 0.2) is 0 Å². The number of likely N-dealkylation sites (tertiary alicyclic amines) is 1. The fourth-order valence-corrected chi connectivity index (χ4v) is 1.61. The zero-order valence-corrected chi connectivity index (χ0v) is 9.34. The minimum absolute atomic E-state index is 0.0883. The van der Waals surface area contributed by atoms with Gasteiger partial charge in [-0.2, -0.15) is 0 Å². The van der Waals surface area contributed by atoms with Crippen LogP contribution in [0.3, 0.4) is 0 Å². The largest absolute Gasteiger partial charge is 0.352 e. The quantitative estimate of drug-likeness (QED) is 0.662. The molecule has 1 unspecified atom stereocenters. The van der Waals surface area contributed by atoms with Gasteiger partial charge in [0.25, 0.3) is 0 Å². The third-order valence-corrected chi connectivity index (χ3v) is 2.89. The topological polar surface area (TPSA) is 44.4 Å². The standard InChI is InChI=1S/C10H21N3O/c1-8(11-2)10(14)12-9-4-6-13(3)7-5-9/h8-9,11H,4-7H2,1-3H3,(H,12,14). The van der Waals surface area contributed by atoms with E-state index in [0.29, 0.717) is 6.04 Å². The molecule has 0 radical (unpaired) electrons. The number of nitrogens with one attached hydrogen (secondary N) is 2. The smallest absolute Gasteiger partial charge is 0.237 e. The van der Waals surface area contributed by atoms with Gasteiger partial charge < -0.3 is 15.5 Å². The molecule has 0 saturated carbocycles. The molecule has 14 heavy (non-hydrogen) atoms. The molecule has 1 amide bonds. The molecule has 2 N–H and O–H groups in total. The van der Waals surface area contributed by atoms with Crippen LogP contribution in [0.15, 0.2) is 0 Å². The Bertz CT molecular complexity index is 188. The summed E-state index contributed by atoms with van der Waals surface area (Å²) < 4.78 is 0. The van der Waals surface area contributed by atoms with Crippen molar-refractivity contribution in [2.24, 2.45) is 0 Å². The van der Waals surface area contributed by atoms with Gasteiger partial charge in [-0.1, -0.05) is 0 Å². The lowest BCUT2D eigenvalue weighted by atomic mass is 10.1. The zero-order valence-electron chi connectivity index (χ0n) is 9.34. The van der Waals surface area contributed by atoms with Gasteiger partial charge in [0.2, 0.25) is 5.91 Å². The summed E-state index contributed by atoms with van der Waals surface area (Å²) in [6.45, 7) is 4.04. The first kappa shape index (κ1) is 11.5. The molecule has 1 atom stereocenters. The highest BCUT2D eigenvalue weighted by Gasteiger charge is 2.20. The van der Waals surface area contributed by atoms with Crippen molar-refractivity contribution in [3.8, 4) is 0 Å². The van der Waals surface area contributed by atoms with E-state index in [4.69, 9.17) is 0 Å². The van der Waals surface area contributed by atoms with Crippen molar-refractivity contribution < 1.29 is 4.79 Å². The molecule has 1 rings (SSSR count). The minimum Gasteiger partial charge on any atom is -0.352 e. The fourth-order valence-electron chi connectivity index (χ4n) is 1.61. The van der Waals surface area contributed by atoms with Crippen LogP contribution in [-0.4, -0.2) is 50.1 Å². The van der Waals surface area contributed by atoms with Crippen LogP contribution in [0.25, 0.3) is 0 Å². The second kappa shape index (κ2) is 5.32. The highest BCUT2D eigenvalue weighted by molar-refractivity contribution is 5.81. The summed E-state index contributed by atoms with van der Waals surface area (Å²) in [4.78, 5) is 13.8. The molecule has 1 aliphatic rings. The first-order valence-corrected chi connectivity index (χ1v) is 5.29. The molecule has 0 aliphatic carbocycles.